The Morgan fingerprint density at radius 2 is 2.05 bits per heavy atom. The van der Waals surface area contributed by atoms with Crippen LogP contribution in [-0.4, -0.2) is 29.9 Å². The van der Waals surface area contributed by atoms with E-state index < -0.39 is 6.10 Å². The first-order valence-electron chi connectivity index (χ1n) is 6.88. The van der Waals surface area contributed by atoms with Gasteiger partial charge in [-0.2, -0.15) is 0 Å². The fraction of sp³-hybridized carbons (Fsp3) is 0.533. The molecule has 0 heterocycles. The third-order valence-electron chi connectivity index (χ3n) is 2.64. The first-order valence-corrected chi connectivity index (χ1v) is 6.88. The molecule has 0 radical (unpaired) electrons. The van der Waals surface area contributed by atoms with E-state index in [0.29, 0.717) is 18.7 Å². The number of nitrogens with one attached hydrogen (secondary N) is 2. The van der Waals surface area contributed by atoms with Gasteiger partial charge >= 0.3 is 6.03 Å². The number of aryl methyl sites for hydroxylation is 1. The summed E-state index contributed by atoms with van der Waals surface area (Å²) in [5.74, 6) is 0.820. The zero-order valence-electron chi connectivity index (χ0n) is 12.6. The van der Waals surface area contributed by atoms with Gasteiger partial charge in [-0.1, -0.05) is 0 Å². The highest BCUT2D eigenvalue weighted by atomic mass is 16.5. The fourth-order valence-corrected chi connectivity index (χ4v) is 1.68. The lowest BCUT2D eigenvalue weighted by atomic mass is 10.2. The van der Waals surface area contributed by atoms with Gasteiger partial charge in [0.15, 0.2) is 0 Å². The molecule has 0 bridgehead atoms. The summed E-state index contributed by atoms with van der Waals surface area (Å²) >= 11 is 0. The quantitative estimate of drug-likeness (QED) is 0.750. The molecule has 0 aliphatic rings. The standard InChI is InChI=1S/C15H24N2O3/c1-10(2)20-14-6-5-13(9-11(14)3)17-15(19)16-8-7-12(4)18/h5-6,9-10,12,18H,7-8H2,1-4H3,(H2,16,17,19). The van der Waals surface area contributed by atoms with E-state index in [1.165, 1.54) is 0 Å². The van der Waals surface area contributed by atoms with Crippen molar-refractivity contribution in [1.29, 1.82) is 0 Å². The zero-order chi connectivity index (χ0) is 15.1. The highest BCUT2D eigenvalue weighted by Gasteiger charge is 2.06. The predicted molar refractivity (Wildman–Crippen MR) is 80.3 cm³/mol. The summed E-state index contributed by atoms with van der Waals surface area (Å²) < 4.78 is 5.64. The van der Waals surface area contributed by atoms with Gasteiger partial charge in [0.2, 0.25) is 0 Å². The number of hydrogen-bond donors (Lipinski definition) is 3. The molecule has 0 spiro atoms. The van der Waals surface area contributed by atoms with Crippen LogP contribution in [0.2, 0.25) is 0 Å². The molecule has 0 saturated heterocycles. The molecule has 2 amide bonds. The summed E-state index contributed by atoms with van der Waals surface area (Å²) in [6, 6.07) is 5.24. The van der Waals surface area contributed by atoms with Crippen LogP contribution in [0.5, 0.6) is 5.75 Å². The Morgan fingerprint density at radius 1 is 1.35 bits per heavy atom. The Hall–Kier alpha value is -1.75. The highest BCUT2D eigenvalue weighted by Crippen LogP contribution is 2.22. The first kappa shape index (κ1) is 16.3. The van der Waals surface area contributed by atoms with Crippen molar-refractivity contribution in [1.82, 2.24) is 5.32 Å². The second-order valence-corrected chi connectivity index (χ2v) is 5.17. The fourth-order valence-electron chi connectivity index (χ4n) is 1.68. The summed E-state index contributed by atoms with van der Waals surface area (Å²) in [4.78, 5) is 11.6. The van der Waals surface area contributed by atoms with Crippen molar-refractivity contribution in [2.45, 2.75) is 46.3 Å². The van der Waals surface area contributed by atoms with Gasteiger partial charge < -0.3 is 20.5 Å². The van der Waals surface area contributed by atoms with Crippen LogP contribution in [0, 0.1) is 6.92 Å². The molecule has 112 valence electrons. The summed E-state index contributed by atoms with van der Waals surface area (Å²) in [6.07, 6.45) is 0.245. The number of aliphatic hydroxyl groups excluding tert-OH is 1. The maximum Gasteiger partial charge on any atom is 0.319 e. The van der Waals surface area contributed by atoms with E-state index in [0.717, 1.165) is 11.3 Å². The van der Waals surface area contributed by atoms with Gasteiger partial charge in [-0.25, -0.2) is 4.79 Å². The molecule has 1 rings (SSSR count). The topological polar surface area (TPSA) is 70.6 Å². The molecule has 20 heavy (non-hydrogen) atoms. The van der Waals surface area contributed by atoms with Crippen molar-refractivity contribution in [3.8, 4) is 5.75 Å². The molecule has 1 atom stereocenters. The summed E-state index contributed by atoms with van der Waals surface area (Å²) in [7, 11) is 0. The monoisotopic (exact) mass is 280 g/mol. The van der Waals surface area contributed by atoms with E-state index in [2.05, 4.69) is 10.6 Å². The maximum absolute atomic E-state index is 11.6. The van der Waals surface area contributed by atoms with Gasteiger partial charge in [0.05, 0.1) is 12.2 Å². The first-order chi connectivity index (χ1) is 9.38. The summed E-state index contributed by atoms with van der Waals surface area (Å²) in [5.41, 5.74) is 1.69. The molecule has 0 fully saturated rings. The zero-order valence-corrected chi connectivity index (χ0v) is 12.6. The van der Waals surface area contributed by atoms with E-state index in [-0.39, 0.29) is 12.1 Å². The molecule has 1 aromatic rings. The molecule has 5 nitrogen and oxygen atoms in total. The van der Waals surface area contributed by atoms with Gasteiger partial charge in [-0.05, 0) is 57.9 Å². The van der Waals surface area contributed by atoms with Crippen LogP contribution in [0.15, 0.2) is 18.2 Å². The highest BCUT2D eigenvalue weighted by molar-refractivity contribution is 5.89. The minimum atomic E-state index is -0.412. The van der Waals surface area contributed by atoms with Crippen LogP contribution < -0.4 is 15.4 Å². The van der Waals surface area contributed by atoms with Crippen molar-refractivity contribution in [3.63, 3.8) is 0 Å². The van der Waals surface area contributed by atoms with E-state index in [9.17, 15) is 4.79 Å². The summed E-state index contributed by atoms with van der Waals surface area (Å²) in [6.45, 7) is 8.02. The predicted octanol–water partition coefficient (Wildman–Crippen LogP) is 2.67. The number of anilines is 1. The number of carbonyl (C=O) groups excluding carboxylic acids is 1. The number of urea groups is 1. The van der Waals surface area contributed by atoms with Gasteiger partial charge in [-0.15, -0.1) is 0 Å². The number of amides is 2. The van der Waals surface area contributed by atoms with Crippen LogP contribution in [0.1, 0.15) is 32.8 Å². The van der Waals surface area contributed by atoms with Crippen LogP contribution in [0.25, 0.3) is 0 Å². The number of carbonyl (C=O) groups is 1. The van der Waals surface area contributed by atoms with E-state index in [4.69, 9.17) is 9.84 Å². The van der Waals surface area contributed by atoms with E-state index in [1.807, 2.05) is 32.9 Å². The van der Waals surface area contributed by atoms with Gasteiger partial charge in [0, 0.05) is 12.2 Å². The molecule has 1 unspecified atom stereocenters. The molecule has 0 aliphatic carbocycles. The van der Waals surface area contributed by atoms with E-state index in [1.54, 1.807) is 13.0 Å². The normalized spacial score (nSPS) is 12.1. The lowest BCUT2D eigenvalue weighted by Gasteiger charge is -2.14. The molecule has 0 aliphatic heterocycles. The van der Waals surface area contributed by atoms with Gasteiger partial charge in [0.25, 0.3) is 0 Å². The molecule has 3 N–H and O–H groups in total. The van der Waals surface area contributed by atoms with E-state index >= 15 is 0 Å². The largest absolute Gasteiger partial charge is 0.491 e. The van der Waals surface area contributed by atoms with Gasteiger partial charge in [-0.3, -0.25) is 0 Å². The SMILES string of the molecule is Cc1cc(NC(=O)NCCC(C)O)ccc1OC(C)C. The Morgan fingerprint density at radius 3 is 2.60 bits per heavy atom. The minimum absolute atomic E-state index is 0.122. The molecule has 5 heteroatoms. The van der Waals surface area contributed by atoms with Crippen LogP contribution in [0.4, 0.5) is 10.5 Å². The number of rotatable bonds is 6. The molecule has 0 aromatic heterocycles. The third kappa shape index (κ3) is 5.93. The lowest BCUT2D eigenvalue weighted by Crippen LogP contribution is -2.30. The number of ether oxygens (including phenoxy) is 1. The second kappa shape index (κ2) is 7.75. The Kier molecular flexibility index (Phi) is 6.31. The maximum atomic E-state index is 11.6. The Labute approximate surface area is 120 Å². The lowest BCUT2D eigenvalue weighted by molar-refractivity contribution is 0.184. The van der Waals surface area contributed by atoms with Gasteiger partial charge in [0.1, 0.15) is 5.75 Å². The summed E-state index contributed by atoms with van der Waals surface area (Å²) in [5, 5.41) is 14.5. The number of benzene rings is 1. The van der Waals surface area contributed by atoms with Crippen LogP contribution >= 0.6 is 0 Å². The van der Waals surface area contributed by atoms with Crippen molar-refractivity contribution < 1.29 is 14.6 Å². The molecule has 0 saturated carbocycles. The molecular weight excluding hydrogens is 256 g/mol. The number of hydrogen-bond acceptors (Lipinski definition) is 3. The Bertz CT molecular complexity index is 445. The smallest absolute Gasteiger partial charge is 0.319 e. The molecule has 1 aromatic carbocycles. The van der Waals surface area contributed by atoms with Crippen molar-refractivity contribution in [2.24, 2.45) is 0 Å². The minimum Gasteiger partial charge on any atom is -0.491 e. The molecular formula is C15H24N2O3. The average molecular weight is 280 g/mol. The van der Waals surface area contributed by atoms with Crippen LogP contribution in [0.3, 0.4) is 0 Å². The Balaban J connectivity index is 2.52. The third-order valence-corrected chi connectivity index (χ3v) is 2.64. The average Bonchev–Trinajstić information content (AvgIpc) is 2.31. The van der Waals surface area contributed by atoms with Crippen molar-refractivity contribution in [3.05, 3.63) is 23.8 Å². The van der Waals surface area contributed by atoms with Crippen LogP contribution in [-0.2, 0) is 0 Å². The number of aliphatic hydroxyl groups is 1. The van der Waals surface area contributed by atoms with Crippen molar-refractivity contribution >= 4 is 11.7 Å². The second-order valence-electron chi connectivity index (χ2n) is 5.17. The van der Waals surface area contributed by atoms with Crippen molar-refractivity contribution in [2.75, 3.05) is 11.9 Å².